The van der Waals surface area contributed by atoms with Crippen LogP contribution in [0.15, 0.2) is 12.1 Å². The summed E-state index contributed by atoms with van der Waals surface area (Å²) in [5, 5.41) is 9.25. The molecular weight excluding hydrogens is 187 g/mol. The van der Waals surface area contributed by atoms with E-state index in [0.717, 1.165) is 12.1 Å². The standard InChI is InChI=1S/C10H11FO3/c1-3-14-10(13)8-4-7(11)5-9(12)6(8)2/h4-5,12H,3H2,1-2H3. The van der Waals surface area contributed by atoms with Crippen molar-refractivity contribution >= 4 is 5.97 Å². The molecule has 3 nitrogen and oxygen atoms in total. The molecule has 0 bridgehead atoms. The lowest BCUT2D eigenvalue weighted by atomic mass is 10.1. The van der Waals surface area contributed by atoms with Gasteiger partial charge < -0.3 is 9.84 Å². The Morgan fingerprint density at radius 3 is 2.79 bits per heavy atom. The Balaban J connectivity index is 3.13. The highest BCUT2D eigenvalue weighted by Crippen LogP contribution is 2.22. The quantitative estimate of drug-likeness (QED) is 0.739. The molecule has 76 valence electrons. The van der Waals surface area contributed by atoms with E-state index in [4.69, 9.17) is 4.74 Å². The minimum absolute atomic E-state index is 0.0596. The second-order valence-electron chi connectivity index (χ2n) is 2.82. The lowest BCUT2D eigenvalue weighted by molar-refractivity contribution is 0.0524. The van der Waals surface area contributed by atoms with Crippen molar-refractivity contribution in [1.82, 2.24) is 0 Å². The van der Waals surface area contributed by atoms with Gasteiger partial charge in [-0.2, -0.15) is 0 Å². The third-order valence-corrected chi connectivity index (χ3v) is 1.84. The molecule has 1 aromatic rings. The van der Waals surface area contributed by atoms with E-state index >= 15 is 0 Å². The highest BCUT2D eigenvalue weighted by Gasteiger charge is 2.14. The van der Waals surface area contributed by atoms with E-state index in [1.807, 2.05) is 0 Å². The van der Waals surface area contributed by atoms with Crippen molar-refractivity contribution in [3.8, 4) is 5.75 Å². The molecule has 0 radical (unpaired) electrons. The summed E-state index contributed by atoms with van der Waals surface area (Å²) in [6.45, 7) is 3.41. The van der Waals surface area contributed by atoms with E-state index in [0.29, 0.717) is 5.56 Å². The van der Waals surface area contributed by atoms with Crippen molar-refractivity contribution in [3.63, 3.8) is 0 Å². The van der Waals surface area contributed by atoms with Crippen LogP contribution in [-0.4, -0.2) is 17.7 Å². The first-order chi connectivity index (χ1) is 6.56. The van der Waals surface area contributed by atoms with Crippen molar-refractivity contribution in [3.05, 3.63) is 29.1 Å². The van der Waals surface area contributed by atoms with Crippen LogP contribution < -0.4 is 0 Å². The fraction of sp³-hybridized carbons (Fsp3) is 0.300. The van der Waals surface area contributed by atoms with Crippen LogP contribution in [0.5, 0.6) is 5.75 Å². The minimum atomic E-state index is -0.656. The number of hydrogen-bond acceptors (Lipinski definition) is 3. The van der Waals surface area contributed by atoms with Crippen molar-refractivity contribution in [2.24, 2.45) is 0 Å². The first-order valence-corrected chi connectivity index (χ1v) is 4.22. The van der Waals surface area contributed by atoms with Crippen LogP contribution >= 0.6 is 0 Å². The predicted octanol–water partition coefficient (Wildman–Crippen LogP) is 2.02. The third kappa shape index (κ3) is 2.02. The maximum absolute atomic E-state index is 12.8. The smallest absolute Gasteiger partial charge is 0.338 e. The van der Waals surface area contributed by atoms with Gasteiger partial charge in [-0.1, -0.05) is 0 Å². The molecule has 1 rings (SSSR count). The number of halogens is 1. The zero-order valence-electron chi connectivity index (χ0n) is 8.00. The zero-order chi connectivity index (χ0) is 10.7. The molecule has 0 saturated carbocycles. The van der Waals surface area contributed by atoms with Crippen LogP contribution in [0.2, 0.25) is 0 Å². The summed E-state index contributed by atoms with van der Waals surface area (Å²) in [7, 11) is 0. The lowest BCUT2D eigenvalue weighted by Gasteiger charge is -2.06. The molecule has 0 aliphatic carbocycles. The van der Waals surface area contributed by atoms with Gasteiger partial charge >= 0.3 is 5.97 Å². The average molecular weight is 198 g/mol. The Morgan fingerprint density at radius 1 is 1.57 bits per heavy atom. The summed E-state index contributed by atoms with van der Waals surface area (Å²) >= 11 is 0. The van der Waals surface area contributed by atoms with E-state index in [1.54, 1.807) is 6.92 Å². The normalized spacial score (nSPS) is 9.93. The molecule has 0 aliphatic heterocycles. The van der Waals surface area contributed by atoms with Gasteiger partial charge in [0.1, 0.15) is 11.6 Å². The fourth-order valence-corrected chi connectivity index (χ4v) is 1.09. The summed E-state index contributed by atoms with van der Waals surface area (Å²) in [5.74, 6) is -1.52. The van der Waals surface area contributed by atoms with Crippen LogP contribution in [-0.2, 0) is 4.74 Å². The van der Waals surface area contributed by atoms with Crippen LogP contribution in [0.1, 0.15) is 22.8 Å². The highest BCUT2D eigenvalue weighted by atomic mass is 19.1. The van der Waals surface area contributed by atoms with Crippen LogP contribution in [0, 0.1) is 12.7 Å². The lowest BCUT2D eigenvalue weighted by Crippen LogP contribution is -2.07. The third-order valence-electron chi connectivity index (χ3n) is 1.84. The molecule has 4 heteroatoms. The van der Waals surface area contributed by atoms with Gasteiger partial charge in [0.25, 0.3) is 0 Å². The van der Waals surface area contributed by atoms with Gasteiger partial charge in [0, 0.05) is 11.6 Å². The molecule has 0 saturated heterocycles. The topological polar surface area (TPSA) is 46.5 Å². The van der Waals surface area contributed by atoms with E-state index in [-0.39, 0.29) is 17.9 Å². The van der Waals surface area contributed by atoms with Crippen molar-refractivity contribution in [1.29, 1.82) is 0 Å². The molecule has 0 aromatic heterocycles. The van der Waals surface area contributed by atoms with Crippen molar-refractivity contribution in [2.75, 3.05) is 6.61 Å². The number of aromatic hydroxyl groups is 1. The first-order valence-electron chi connectivity index (χ1n) is 4.22. The Bertz CT molecular complexity index is 361. The number of benzene rings is 1. The van der Waals surface area contributed by atoms with Crippen molar-refractivity contribution in [2.45, 2.75) is 13.8 Å². The highest BCUT2D eigenvalue weighted by molar-refractivity contribution is 5.91. The summed E-state index contributed by atoms with van der Waals surface area (Å²) < 4.78 is 17.5. The molecule has 1 aromatic carbocycles. The molecule has 14 heavy (non-hydrogen) atoms. The van der Waals surface area contributed by atoms with Gasteiger partial charge in [0.2, 0.25) is 0 Å². The number of ether oxygens (including phenoxy) is 1. The second kappa shape index (κ2) is 4.09. The summed E-state index contributed by atoms with van der Waals surface area (Å²) in [6.07, 6.45) is 0. The predicted molar refractivity (Wildman–Crippen MR) is 48.8 cm³/mol. The summed E-state index contributed by atoms with van der Waals surface area (Å²) in [6, 6.07) is 2.01. The van der Waals surface area contributed by atoms with Crippen LogP contribution in [0.25, 0.3) is 0 Å². The molecule has 0 unspecified atom stereocenters. The van der Waals surface area contributed by atoms with E-state index in [2.05, 4.69) is 0 Å². The number of hydrogen-bond donors (Lipinski definition) is 1. The average Bonchev–Trinajstić information content (AvgIpc) is 2.11. The van der Waals surface area contributed by atoms with Gasteiger partial charge in [0.05, 0.1) is 12.2 Å². The maximum Gasteiger partial charge on any atom is 0.338 e. The van der Waals surface area contributed by atoms with Crippen molar-refractivity contribution < 1.29 is 19.0 Å². The molecule has 1 N–H and O–H groups in total. The minimum Gasteiger partial charge on any atom is -0.508 e. The monoisotopic (exact) mass is 198 g/mol. The SMILES string of the molecule is CCOC(=O)c1cc(F)cc(O)c1C. The largest absolute Gasteiger partial charge is 0.508 e. The van der Waals surface area contributed by atoms with E-state index in [9.17, 15) is 14.3 Å². The van der Waals surface area contributed by atoms with Gasteiger partial charge in [-0.15, -0.1) is 0 Å². The number of phenolic OH excluding ortho intramolecular Hbond substituents is 1. The molecular formula is C10H11FO3. The van der Waals surface area contributed by atoms with Gasteiger partial charge in [0.15, 0.2) is 0 Å². The maximum atomic E-state index is 12.8. The number of esters is 1. The first kappa shape index (κ1) is 10.5. The van der Waals surface area contributed by atoms with Crippen LogP contribution in [0.3, 0.4) is 0 Å². The number of carbonyl (C=O) groups is 1. The van der Waals surface area contributed by atoms with Crippen LogP contribution in [0.4, 0.5) is 4.39 Å². The van der Waals surface area contributed by atoms with Gasteiger partial charge in [-0.25, -0.2) is 9.18 Å². The summed E-state index contributed by atoms with van der Waals surface area (Å²) in [4.78, 5) is 11.3. The van der Waals surface area contributed by atoms with E-state index in [1.165, 1.54) is 6.92 Å². The second-order valence-corrected chi connectivity index (χ2v) is 2.82. The zero-order valence-corrected chi connectivity index (χ0v) is 8.00. The molecule has 0 atom stereocenters. The van der Waals surface area contributed by atoms with Gasteiger partial charge in [-0.3, -0.25) is 0 Å². The molecule has 0 aliphatic rings. The molecule has 0 spiro atoms. The molecule has 0 amide bonds. The number of rotatable bonds is 2. The fourth-order valence-electron chi connectivity index (χ4n) is 1.09. The Kier molecular flexibility index (Phi) is 3.06. The van der Waals surface area contributed by atoms with E-state index < -0.39 is 11.8 Å². The van der Waals surface area contributed by atoms with Gasteiger partial charge in [-0.05, 0) is 19.9 Å². The molecule has 0 heterocycles. The molecule has 0 fully saturated rings. The Hall–Kier alpha value is -1.58. The number of phenols is 1. The summed E-state index contributed by atoms with van der Waals surface area (Å²) in [5.41, 5.74) is 0.384. The number of carbonyl (C=O) groups excluding carboxylic acids is 1. The Labute approximate surface area is 81.1 Å². The Morgan fingerprint density at radius 2 is 2.21 bits per heavy atom.